The second kappa shape index (κ2) is 8.47. The molecule has 1 heterocycles. The molecule has 1 amide bonds. The van der Waals surface area contributed by atoms with Crippen LogP contribution in [0.25, 0.3) is 0 Å². The van der Waals surface area contributed by atoms with Crippen molar-refractivity contribution in [3.8, 4) is 0 Å². The molecule has 1 atom stereocenters. The zero-order valence-corrected chi connectivity index (χ0v) is 17.6. The molecule has 0 aliphatic heterocycles. The highest BCUT2D eigenvalue weighted by Gasteiger charge is 2.28. The van der Waals surface area contributed by atoms with Crippen LogP contribution in [0.5, 0.6) is 0 Å². The fourth-order valence-electron chi connectivity index (χ4n) is 2.78. The molecule has 1 aromatic heterocycles. The Morgan fingerprint density at radius 1 is 1.34 bits per heavy atom. The Morgan fingerprint density at radius 3 is 2.55 bits per heavy atom. The predicted octanol–water partition coefficient (Wildman–Crippen LogP) is 2.15. The van der Waals surface area contributed by atoms with Gasteiger partial charge in [-0.3, -0.25) is 19.6 Å². The average molecular weight is 424 g/mol. The second-order valence-corrected chi connectivity index (χ2v) is 8.41. The van der Waals surface area contributed by atoms with Crippen molar-refractivity contribution in [1.82, 2.24) is 9.78 Å². The van der Waals surface area contributed by atoms with Crippen LogP contribution >= 0.6 is 0 Å². The number of nitro groups is 1. The molecule has 0 radical (unpaired) electrons. The van der Waals surface area contributed by atoms with E-state index < -0.39 is 26.9 Å². The van der Waals surface area contributed by atoms with Crippen molar-refractivity contribution in [2.45, 2.75) is 33.2 Å². The summed E-state index contributed by atoms with van der Waals surface area (Å²) in [7, 11) is -1.92. The minimum Gasteiger partial charge on any atom is -0.353 e. The smallest absolute Gasteiger partial charge is 0.333 e. The Bertz CT molecular complexity index is 1050. The summed E-state index contributed by atoms with van der Waals surface area (Å²) in [6.07, 6.45) is 1.39. The van der Waals surface area contributed by atoms with Crippen LogP contribution in [-0.4, -0.2) is 41.3 Å². The van der Waals surface area contributed by atoms with Crippen molar-refractivity contribution in [2.24, 2.45) is 7.05 Å². The number of carbonyl (C=O) groups excluding carboxylic acids is 1. The summed E-state index contributed by atoms with van der Waals surface area (Å²) >= 11 is 0. The number of sulfonamides is 1. The number of carbonyl (C=O) groups is 1. The lowest BCUT2D eigenvalue weighted by atomic mass is 10.1. The molecule has 0 aliphatic rings. The van der Waals surface area contributed by atoms with Crippen molar-refractivity contribution in [3.05, 3.63) is 39.6 Å². The van der Waals surface area contributed by atoms with Crippen LogP contribution in [0.2, 0.25) is 0 Å². The van der Waals surface area contributed by atoms with E-state index in [1.165, 1.54) is 17.7 Å². The van der Waals surface area contributed by atoms with E-state index in [4.69, 9.17) is 0 Å². The first kappa shape index (κ1) is 22.1. The van der Waals surface area contributed by atoms with Crippen molar-refractivity contribution in [2.75, 3.05) is 21.6 Å². The van der Waals surface area contributed by atoms with Gasteiger partial charge in [-0.1, -0.05) is 13.0 Å². The van der Waals surface area contributed by atoms with Gasteiger partial charge in [0.15, 0.2) is 0 Å². The van der Waals surface area contributed by atoms with Gasteiger partial charge in [0.2, 0.25) is 21.7 Å². The van der Waals surface area contributed by atoms with E-state index in [-0.39, 0.29) is 17.2 Å². The minimum absolute atomic E-state index is 0.137. The van der Waals surface area contributed by atoms with Crippen LogP contribution in [0.3, 0.4) is 0 Å². The minimum atomic E-state index is -3.47. The highest BCUT2D eigenvalue weighted by Crippen LogP contribution is 2.28. The topological polar surface area (TPSA) is 148 Å². The lowest BCUT2D eigenvalue weighted by molar-refractivity contribution is -0.384. The Balaban J connectivity index is 2.24. The largest absolute Gasteiger partial charge is 0.353 e. The molecular formula is C17H24N6O5S. The third-order valence-corrected chi connectivity index (χ3v) is 4.80. The monoisotopic (exact) mass is 424 g/mol. The molecule has 0 fully saturated rings. The molecule has 158 valence electrons. The van der Waals surface area contributed by atoms with Gasteiger partial charge < -0.3 is 10.6 Å². The normalized spacial score (nSPS) is 12.3. The van der Waals surface area contributed by atoms with E-state index in [0.29, 0.717) is 23.4 Å². The first-order chi connectivity index (χ1) is 13.4. The van der Waals surface area contributed by atoms with Gasteiger partial charge in [0.05, 0.1) is 16.9 Å². The molecule has 29 heavy (non-hydrogen) atoms. The number of hydrogen-bond acceptors (Lipinski definition) is 7. The lowest BCUT2D eigenvalue weighted by Crippen LogP contribution is -2.35. The van der Waals surface area contributed by atoms with Crippen molar-refractivity contribution >= 4 is 38.8 Å². The van der Waals surface area contributed by atoms with Gasteiger partial charge >= 0.3 is 5.69 Å². The Hall–Kier alpha value is -3.15. The Kier molecular flexibility index (Phi) is 6.47. The number of benzene rings is 1. The van der Waals surface area contributed by atoms with Gasteiger partial charge in [0.25, 0.3) is 0 Å². The maximum Gasteiger partial charge on any atom is 0.333 e. The first-order valence-corrected chi connectivity index (χ1v) is 10.7. The summed E-state index contributed by atoms with van der Waals surface area (Å²) in [5, 5.41) is 21.0. The van der Waals surface area contributed by atoms with Gasteiger partial charge in [-0.2, -0.15) is 5.10 Å². The van der Waals surface area contributed by atoms with Crippen molar-refractivity contribution in [1.29, 1.82) is 0 Å². The van der Waals surface area contributed by atoms with Crippen LogP contribution in [-0.2, 0) is 21.9 Å². The molecule has 0 spiro atoms. The number of anilines is 3. The van der Waals surface area contributed by atoms with Crippen LogP contribution in [0.4, 0.5) is 22.9 Å². The summed E-state index contributed by atoms with van der Waals surface area (Å²) in [4.78, 5) is 23.5. The number of nitrogens with zero attached hydrogens (tertiary/aromatic N) is 3. The standard InChI is InChI=1S/C17H24N6O5S/c1-6-13(19-16-15(23(25)26)11(3)20-22(16)4)17(24)18-12-8-7-10(2)14(9-12)21-29(5,27)28/h7-9,13,19,21H,6H2,1-5H3,(H,18,24)/t13-/m1/s1. The van der Waals surface area contributed by atoms with Crippen molar-refractivity contribution in [3.63, 3.8) is 0 Å². The molecule has 12 heteroatoms. The zero-order chi connectivity index (χ0) is 21.9. The summed E-state index contributed by atoms with van der Waals surface area (Å²) in [6, 6.07) is 4.06. The van der Waals surface area contributed by atoms with E-state index in [0.717, 1.165) is 6.26 Å². The molecule has 1 aromatic carbocycles. The second-order valence-electron chi connectivity index (χ2n) is 6.66. The fraction of sp³-hybridized carbons (Fsp3) is 0.412. The summed E-state index contributed by atoms with van der Waals surface area (Å²) in [6.45, 7) is 5.02. The summed E-state index contributed by atoms with van der Waals surface area (Å²) < 4.78 is 26.7. The molecule has 0 bridgehead atoms. The van der Waals surface area contributed by atoms with E-state index in [2.05, 4.69) is 20.5 Å². The Morgan fingerprint density at radius 2 is 2.00 bits per heavy atom. The molecular weight excluding hydrogens is 400 g/mol. The third-order valence-electron chi connectivity index (χ3n) is 4.21. The highest BCUT2D eigenvalue weighted by molar-refractivity contribution is 7.92. The zero-order valence-electron chi connectivity index (χ0n) is 16.8. The van der Waals surface area contributed by atoms with Crippen molar-refractivity contribution < 1.29 is 18.1 Å². The summed E-state index contributed by atoms with van der Waals surface area (Å²) in [5.74, 6) is -0.285. The maximum atomic E-state index is 12.7. The van der Waals surface area contributed by atoms with Crippen LogP contribution in [0.15, 0.2) is 18.2 Å². The number of aromatic nitrogens is 2. The van der Waals surface area contributed by atoms with Crippen LogP contribution < -0.4 is 15.4 Å². The number of aryl methyl sites for hydroxylation is 3. The number of nitrogens with one attached hydrogen (secondary N) is 3. The van der Waals surface area contributed by atoms with E-state index in [1.54, 1.807) is 33.0 Å². The van der Waals surface area contributed by atoms with E-state index in [1.807, 2.05) is 0 Å². The lowest BCUT2D eigenvalue weighted by Gasteiger charge is -2.18. The molecule has 0 unspecified atom stereocenters. The van der Waals surface area contributed by atoms with E-state index >= 15 is 0 Å². The van der Waals surface area contributed by atoms with Gasteiger partial charge in [-0.25, -0.2) is 13.1 Å². The van der Waals surface area contributed by atoms with Gasteiger partial charge in [-0.05, 0) is 38.0 Å². The average Bonchev–Trinajstić information content (AvgIpc) is 2.87. The molecule has 2 aromatic rings. The molecule has 0 saturated carbocycles. The summed E-state index contributed by atoms with van der Waals surface area (Å²) in [5.41, 5.74) is 1.49. The SMILES string of the molecule is CC[C@@H](Nc1c([N+](=O)[O-])c(C)nn1C)C(=O)Nc1ccc(C)c(NS(C)(=O)=O)c1. The number of hydrogen-bond donors (Lipinski definition) is 3. The van der Waals surface area contributed by atoms with Crippen LogP contribution in [0, 0.1) is 24.0 Å². The van der Waals surface area contributed by atoms with Gasteiger partial charge in [0, 0.05) is 12.7 Å². The fourth-order valence-corrected chi connectivity index (χ4v) is 3.40. The quantitative estimate of drug-likeness (QED) is 0.434. The number of amides is 1. The highest BCUT2D eigenvalue weighted by atomic mass is 32.2. The van der Waals surface area contributed by atoms with Crippen LogP contribution in [0.1, 0.15) is 24.6 Å². The van der Waals surface area contributed by atoms with Gasteiger partial charge in [0.1, 0.15) is 11.7 Å². The third kappa shape index (κ3) is 5.44. The maximum absolute atomic E-state index is 12.7. The predicted molar refractivity (Wildman–Crippen MR) is 111 cm³/mol. The molecule has 11 nitrogen and oxygen atoms in total. The van der Waals surface area contributed by atoms with E-state index in [9.17, 15) is 23.3 Å². The molecule has 0 saturated heterocycles. The Labute approximate surface area is 168 Å². The molecule has 2 rings (SSSR count). The molecule has 3 N–H and O–H groups in total. The molecule has 0 aliphatic carbocycles. The van der Waals surface area contributed by atoms with Gasteiger partial charge in [-0.15, -0.1) is 0 Å². The first-order valence-electron chi connectivity index (χ1n) is 8.76. The number of rotatable bonds is 8.